The molecule has 26 heavy (non-hydrogen) atoms. The number of allylic oxidation sites excluding steroid dienone is 1. The Morgan fingerprint density at radius 3 is 2.38 bits per heavy atom. The number of hydrogen-bond donors (Lipinski definition) is 1. The van der Waals surface area contributed by atoms with E-state index in [9.17, 15) is 13.2 Å². The fraction of sp³-hybridized carbons (Fsp3) is 0.286. The van der Waals surface area contributed by atoms with Crippen molar-refractivity contribution >= 4 is 15.9 Å². The molecule has 1 N–H and O–H groups in total. The van der Waals surface area contributed by atoms with Gasteiger partial charge in [0.05, 0.1) is 10.3 Å². The Morgan fingerprint density at radius 1 is 1.15 bits per heavy atom. The molecule has 1 aliphatic rings. The minimum absolute atomic E-state index is 0.0216. The molecule has 136 valence electrons. The molecule has 2 aromatic carbocycles. The third-order valence-electron chi connectivity index (χ3n) is 5.28. The summed E-state index contributed by atoms with van der Waals surface area (Å²) in [5.41, 5.74) is 1.03. The van der Waals surface area contributed by atoms with Crippen molar-refractivity contribution < 1.29 is 13.2 Å². The normalized spacial score (nSPS) is 22.0. The van der Waals surface area contributed by atoms with Crippen molar-refractivity contribution in [3.05, 3.63) is 67.3 Å². The van der Waals surface area contributed by atoms with E-state index in [2.05, 4.69) is 11.3 Å². The standard InChI is InChI=1S/C21H23NO3S/c1-4-18-14-21(18,15(2)3)20(23)22-26(24,25)19-12-8-11-17(13-19)16-9-6-5-7-10-16/h4-13,15,18H,1,14H2,2-3H3,(H,22,23)/t18-,21-/m1/s1. The van der Waals surface area contributed by atoms with Crippen LogP contribution in [0.1, 0.15) is 20.3 Å². The Kier molecular flexibility index (Phi) is 4.76. The molecule has 0 heterocycles. The van der Waals surface area contributed by atoms with Gasteiger partial charge in [0.1, 0.15) is 0 Å². The van der Waals surface area contributed by atoms with Gasteiger partial charge in [0.25, 0.3) is 10.0 Å². The van der Waals surface area contributed by atoms with Crippen LogP contribution in [0.25, 0.3) is 11.1 Å². The highest BCUT2D eigenvalue weighted by molar-refractivity contribution is 7.90. The van der Waals surface area contributed by atoms with Gasteiger partial charge in [-0.2, -0.15) is 0 Å². The zero-order valence-corrected chi connectivity index (χ0v) is 15.8. The van der Waals surface area contributed by atoms with E-state index >= 15 is 0 Å². The fourth-order valence-electron chi connectivity index (χ4n) is 3.54. The van der Waals surface area contributed by atoms with Crippen LogP contribution in [0, 0.1) is 17.3 Å². The van der Waals surface area contributed by atoms with Gasteiger partial charge < -0.3 is 0 Å². The fourth-order valence-corrected chi connectivity index (χ4v) is 4.63. The van der Waals surface area contributed by atoms with Gasteiger partial charge in [-0.15, -0.1) is 6.58 Å². The summed E-state index contributed by atoms with van der Waals surface area (Å²) in [5, 5.41) is 0. The molecule has 4 nitrogen and oxygen atoms in total. The molecule has 0 spiro atoms. The molecule has 2 atom stereocenters. The number of rotatable bonds is 6. The molecule has 1 fully saturated rings. The Bertz CT molecular complexity index is 935. The van der Waals surface area contributed by atoms with Gasteiger partial charge in [-0.1, -0.05) is 62.4 Å². The molecule has 1 amide bonds. The van der Waals surface area contributed by atoms with Crippen molar-refractivity contribution in [3.8, 4) is 11.1 Å². The first-order chi connectivity index (χ1) is 12.3. The summed E-state index contributed by atoms with van der Waals surface area (Å²) < 4.78 is 27.8. The van der Waals surface area contributed by atoms with E-state index < -0.39 is 21.3 Å². The van der Waals surface area contributed by atoms with Gasteiger partial charge in [0, 0.05) is 0 Å². The molecule has 0 unspecified atom stereocenters. The molecule has 0 aromatic heterocycles. The maximum absolute atomic E-state index is 12.8. The summed E-state index contributed by atoms with van der Waals surface area (Å²) in [5.74, 6) is -0.382. The lowest BCUT2D eigenvalue weighted by atomic mass is 9.89. The first-order valence-electron chi connectivity index (χ1n) is 8.66. The topological polar surface area (TPSA) is 63.2 Å². The molecule has 3 rings (SSSR count). The predicted octanol–water partition coefficient (Wildman–Crippen LogP) is 4.01. The van der Waals surface area contributed by atoms with Crippen LogP contribution >= 0.6 is 0 Å². The van der Waals surface area contributed by atoms with Gasteiger partial charge in [-0.25, -0.2) is 13.1 Å². The largest absolute Gasteiger partial charge is 0.273 e. The third-order valence-corrected chi connectivity index (χ3v) is 6.60. The summed E-state index contributed by atoms with van der Waals surface area (Å²) in [7, 11) is -3.93. The number of carbonyl (C=O) groups is 1. The van der Waals surface area contributed by atoms with E-state index in [-0.39, 0.29) is 16.7 Å². The molecule has 0 bridgehead atoms. The molecule has 5 heteroatoms. The first kappa shape index (κ1) is 18.4. The molecular formula is C21H23NO3S. The maximum atomic E-state index is 12.8. The molecule has 1 saturated carbocycles. The number of carbonyl (C=O) groups excluding carboxylic acids is 1. The van der Waals surface area contributed by atoms with Crippen molar-refractivity contribution in [1.82, 2.24) is 4.72 Å². The Labute approximate surface area is 155 Å². The van der Waals surface area contributed by atoms with Crippen molar-refractivity contribution in [2.24, 2.45) is 17.3 Å². The summed E-state index contributed by atoms with van der Waals surface area (Å²) in [6.07, 6.45) is 2.38. The number of nitrogens with one attached hydrogen (secondary N) is 1. The van der Waals surface area contributed by atoms with Gasteiger partial charge in [-0.05, 0) is 41.5 Å². The maximum Gasteiger partial charge on any atom is 0.264 e. The summed E-state index contributed by atoms with van der Waals surface area (Å²) in [6.45, 7) is 7.63. The molecule has 0 radical (unpaired) electrons. The van der Waals surface area contributed by atoms with Crippen molar-refractivity contribution in [2.45, 2.75) is 25.2 Å². The molecular weight excluding hydrogens is 346 g/mol. The lowest BCUT2D eigenvalue weighted by molar-refractivity contribution is -0.126. The number of amides is 1. The van der Waals surface area contributed by atoms with Crippen LogP contribution in [0.15, 0.2) is 72.1 Å². The summed E-state index contributed by atoms with van der Waals surface area (Å²) in [4.78, 5) is 12.8. The number of benzene rings is 2. The number of hydrogen-bond acceptors (Lipinski definition) is 3. The second-order valence-corrected chi connectivity index (χ2v) is 8.75. The predicted molar refractivity (Wildman–Crippen MR) is 103 cm³/mol. The second kappa shape index (κ2) is 6.72. The SMILES string of the molecule is C=C[C@@H]1C[C@@]1(C(=O)NS(=O)(=O)c1cccc(-c2ccccc2)c1)C(C)C. The van der Waals surface area contributed by atoms with Gasteiger partial charge in [-0.3, -0.25) is 4.79 Å². The molecule has 2 aromatic rings. The van der Waals surface area contributed by atoms with Crippen molar-refractivity contribution in [2.75, 3.05) is 0 Å². The zero-order chi connectivity index (χ0) is 18.9. The quantitative estimate of drug-likeness (QED) is 0.783. The first-order valence-corrected chi connectivity index (χ1v) is 10.1. The molecule has 1 aliphatic carbocycles. The van der Waals surface area contributed by atoms with E-state index in [0.29, 0.717) is 6.42 Å². The minimum Gasteiger partial charge on any atom is -0.273 e. The van der Waals surface area contributed by atoms with Crippen LogP contribution < -0.4 is 4.72 Å². The van der Waals surface area contributed by atoms with E-state index in [1.165, 1.54) is 6.07 Å². The van der Waals surface area contributed by atoms with Crippen LogP contribution in [0.4, 0.5) is 0 Å². The van der Waals surface area contributed by atoms with E-state index in [4.69, 9.17) is 0 Å². The average Bonchev–Trinajstić information content (AvgIpc) is 3.39. The van der Waals surface area contributed by atoms with Crippen LogP contribution in [0.3, 0.4) is 0 Å². The van der Waals surface area contributed by atoms with Crippen molar-refractivity contribution in [1.29, 1.82) is 0 Å². The highest BCUT2D eigenvalue weighted by Crippen LogP contribution is 2.58. The average molecular weight is 369 g/mol. The summed E-state index contributed by atoms with van der Waals surface area (Å²) in [6, 6.07) is 16.1. The lowest BCUT2D eigenvalue weighted by Crippen LogP contribution is -2.40. The Morgan fingerprint density at radius 2 is 1.81 bits per heavy atom. The molecule has 0 aliphatic heterocycles. The number of sulfonamides is 1. The van der Waals surface area contributed by atoms with Crippen LogP contribution in [-0.2, 0) is 14.8 Å². The highest BCUT2D eigenvalue weighted by atomic mass is 32.2. The van der Waals surface area contributed by atoms with Gasteiger partial charge in [0.2, 0.25) is 5.91 Å². The highest BCUT2D eigenvalue weighted by Gasteiger charge is 2.60. The smallest absolute Gasteiger partial charge is 0.264 e. The van der Waals surface area contributed by atoms with E-state index in [1.54, 1.807) is 18.2 Å². The van der Waals surface area contributed by atoms with Crippen molar-refractivity contribution in [3.63, 3.8) is 0 Å². The Balaban J connectivity index is 1.88. The zero-order valence-electron chi connectivity index (χ0n) is 15.0. The van der Waals surface area contributed by atoms with E-state index in [1.807, 2.05) is 50.2 Å². The van der Waals surface area contributed by atoms with Crippen LogP contribution in [0.2, 0.25) is 0 Å². The van der Waals surface area contributed by atoms with Crippen LogP contribution in [-0.4, -0.2) is 14.3 Å². The van der Waals surface area contributed by atoms with E-state index in [0.717, 1.165) is 11.1 Å². The van der Waals surface area contributed by atoms with Gasteiger partial charge >= 0.3 is 0 Å². The second-order valence-electron chi connectivity index (χ2n) is 7.07. The Hall–Kier alpha value is -2.40. The monoisotopic (exact) mass is 369 g/mol. The van der Waals surface area contributed by atoms with Crippen LogP contribution in [0.5, 0.6) is 0 Å². The third kappa shape index (κ3) is 3.19. The summed E-state index contributed by atoms with van der Waals surface area (Å²) >= 11 is 0. The molecule has 0 saturated heterocycles. The lowest BCUT2D eigenvalue weighted by Gasteiger charge is -2.20. The van der Waals surface area contributed by atoms with Gasteiger partial charge in [0.15, 0.2) is 0 Å². The minimum atomic E-state index is -3.93.